The minimum Gasteiger partial charge on any atom is -0.508 e. The van der Waals surface area contributed by atoms with E-state index < -0.39 is 59.7 Å². The summed E-state index contributed by atoms with van der Waals surface area (Å²) in [5.74, 6) is -3.12. The molecule has 2 rings (SSSR count). The number of hydrogen-bond donors (Lipinski definition) is 7. The highest BCUT2D eigenvalue weighted by atomic mass is 16.3. The third-order valence-corrected chi connectivity index (χ3v) is 5.89. The van der Waals surface area contributed by atoms with Crippen LogP contribution >= 0.6 is 0 Å². The van der Waals surface area contributed by atoms with Crippen LogP contribution in [0.5, 0.6) is 5.75 Å². The van der Waals surface area contributed by atoms with Gasteiger partial charge in [-0.2, -0.15) is 0 Å². The summed E-state index contributed by atoms with van der Waals surface area (Å²) in [6, 6.07) is 12.2. The van der Waals surface area contributed by atoms with E-state index in [1.54, 1.807) is 36.4 Å². The molecule has 2 aromatic rings. The normalized spacial score (nSPS) is 13.3. The fourth-order valence-electron chi connectivity index (χ4n) is 3.45. The Morgan fingerprint density at radius 2 is 1.44 bits per heavy atom. The van der Waals surface area contributed by atoms with Gasteiger partial charge >= 0.3 is 0 Å². The van der Waals surface area contributed by atoms with E-state index in [0.29, 0.717) is 0 Å². The summed E-state index contributed by atoms with van der Waals surface area (Å²) in [5.41, 5.74) is 11.4. The summed E-state index contributed by atoms with van der Waals surface area (Å²) < 4.78 is 0. The van der Waals surface area contributed by atoms with Gasteiger partial charge in [-0.15, -0.1) is 0 Å². The third-order valence-electron chi connectivity index (χ3n) is 5.89. The number of nitrogens with one attached hydrogen (secondary N) is 4. The van der Waals surface area contributed by atoms with E-state index in [1.165, 1.54) is 32.9 Å². The molecule has 39 heavy (non-hydrogen) atoms. The zero-order valence-corrected chi connectivity index (χ0v) is 22.2. The van der Waals surface area contributed by atoms with E-state index in [4.69, 9.17) is 11.5 Å². The first-order chi connectivity index (χ1) is 18.3. The lowest BCUT2D eigenvalue weighted by atomic mass is 10.0. The second-order valence-corrected chi connectivity index (χ2v) is 9.71. The van der Waals surface area contributed by atoms with Gasteiger partial charge in [-0.05, 0) is 50.5 Å². The lowest BCUT2D eigenvalue weighted by Crippen LogP contribution is -2.59. The van der Waals surface area contributed by atoms with E-state index >= 15 is 0 Å². The van der Waals surface area contributed by atoms with Crippen molar-refractivity contribution in [3.8, 4) is 5.75 Å². The van der Waals surface area contributed by atoms with Crippen molar-refractivity contribution in [1.82, 2.24) is 21.3 Å². The van der Waals surface area contributed by atoms with Gasteiger partial charge in [0.2, 0.25) is 29.5 Å². The van der Waals surface area contributed by atoms with Gasteiger partial charge in [0.25, 0.3) is 0 Å². The van der Waals surface area contributed by atoms with Gasteiger partial charge in [0.15, 0.2) is 0 Å². The van der Waals surface area contributed by atoms with Crippen molar-refractivity contribution in [3.05, 3.63) is 65.7 Å². The van der Waals surface area contributed by atoms with Gasteiger partial charge in [0, 0.05) is 6.42 Å². The highest BCUT2D eigenvalue weighted by Crippen LogP contribution is 2.11. The monoisotopic (exact) mass is 540 g/mol. The van der Waals surface area contributed by atoms with Crippen molar-refractivity contribution in [1.29, 1.82) is 0 Å². The number of carbonyl (C=O) groups is 5. The minimum atomic E-state index is -1.35. The number of phenolic OH excluding ortho intramolecular Hbond substituents is 1. The zero-order chi connectivity index (χ0) is 29.2. The quantitative estimate of drug-likeness (QED) is 0.168. The van der Waals surface area contributed by atoms with Crippen LogP contribution < -0.4 is 32.7 Å². The first-order valence-electron chi connectivity index (χ1n) is 12.3. The summed E-state index contributed by atoms with van der Waals surface area (Å²) in [4.78, 5) is 62.0. The smallest absolute Gasteiger partial charge is 0.243 e. The maximum absolute atomic E-state index is 12.9. The molecule has 0 saturated carbocycles. The second-order valence-electron chi connectivity index (χ2n) is 9.71. The molecule has 1 unspecified atom stereocenters. The molecule has 210 valence electrons. The number of hydrogen-bond acceptors (Lipinski definition) is 7. The summed E-state index contributed by atoms with van der Waals surface area (Å²) in [6.07, 6.45) is 0.326. The number of carbonyl (C=O) groups excluding carboxylic acids is 5. The topological polar surface area (TPSA) is 206 Å². The van der Waals surface area contributed by atoms with Crippen LogP contribution in [0.25, 0.3) is 0 Å². The molecule has 12 nitrogen and oxygen atoms in total. The number of nitrogens with two attached hydrogens (primary N) is 2. The molecule has 0 spiro atoms. The van der Waals surface area contributed by atoms with E-state index in [9.17, 15) is 29.1 Å². The molecule has 0 heterocycles. The Morgan fingerprint density at radius 1 is 0.846 bits per heavy atom. The Bertz CT molecular complexity index is 1170. The van der Waals surface area contributed by atoms with Gasteiger partial charge in [0.05, 0.1) is 12.6 Å². The maximum atomic E-state index is 12.9. The average molecular weight is 541 g/mol. The second kappa shape index (κ2) is 13.9. The molecule has 3 atom stereocenters. The van der Waals surface area contributed by atoms with Crippen LogP contribution in [0, 0.1) is 0 Å². The maximum Gasteiger partial charge on any atom is 0.243 e. The molecule has 0 aliphatic heterocycles. The van der Waals surface area contributed by atoms with Crippen molar-refractivity contribution >= 4 is 29.5 Å². The minimum absolute atomic E-state index is 0.0904. The number of rotatable bonds is 13. The number of amides is 5. The molecule has 0 saturated heterocycles. The number of primary amides is 1. The summed E-state index contributed by atoms with van der Waals surface area (Å²) in [6.45, 7) is 3.87. The molecule has 0 aliphatic carbocycles. The molecule has 0 radical (unpaired) electrons. The van der Waals surface area contributed by atoms with E-state index in [2.05, 4.69) is 21.3 Å². The molecule has 0 fully saturated rings. The lowest BCUT2D eigenvalue weighted by molar-refractivity contribution is -0.133. The van der Waals surface area contributed by atoms with Gasteiger partial charge in [0.1, 0.15) is 23.4 Å². The van der Waals surface area contributed by atoms with E-state index in [-0.39, 0.29) is 18.6 Å². The largest absolute Gasteiger partial charge is 0.508 e. The fourth-order valence-corrected chi connectivity index (χ4v) is 3.45. The van der Waals surface area contributed by atoms with Crippen LogP contribution in [-0.4, -0.2) is 64.9 Å². The zero-order valence-electron chi connectivity index (χ0n) is 22.2. The van der Waals surface area contributed by atoms with Gasteiger partial charge in [-0.1, -0.05) is 42.5 Å². The highest BCUT2D eigenvalue weighted by molar-refractivity contribution is 5.95. The van der Waals surface area contributed by atoms with E-state index in [0.717, 1.165) is 11.1 Å². The lowest BCUT2D eigenvalue weighted by Gasteiger charge is -2.26. The van der Waals surface area contributed by atoms with Gasteiger partial charge in [-0.25, -0.2) is 0 Å². The molecule has 0 aromatic heterocycles. The third kappa shape index (κ3) is 10.1. The van der Waals surface area contributed by atoms with E-state index in [1.807, 2.05) is 6.07 Å². The fraction of sp³-hybridized carbons (Fsp3) is 0.370. The van der Waals surface area contributed by atoms with Crippen LogP contribution in [0.15, 0.2) is 54.6 Å². The Kier molecular flexibility index (Phi) is 11.0. The summed E-state index contributed by atoms with van der Waals surface area (Å²) in [5, 5.41) is 19.4. The van der Waals surface area contributed by atoms with Crippen LogP contribution in [0.2, 0.25) is 0 Å². The number of aromatic hydroxyl groups is 1. The van der Waals surface area contributed by atoms with Crippen molar-refractivity contribution in [3.63, 3.8) is 0 Å². The molecular weight excluding hydrogens is 504 g/mol. The molecule has 0 aliphatic rings. The summed E-state index contributed by atoms with van der Waals surface area (Å²) in [7, 11) is 0. The average Bonchev–Trinajstić information content (AvgIpc) is 2.88. The Labute approximate surface area is 226 Å². The Balaban J connectivity index is 1.92. The van der Waals surface area contributed by atoms with Crippen molar-refractivity contribution in [2.75, 3.05) is 6.54 Å². The van der Waals surface area contributed by atoms with Crippen LogP contribution in [0.1, 0.15) is 31.9 Å². The SMILES string of the molecule is C[C@@H](NC(=O)C(N)Cc1ccc(O)cc1)C(=O)NCC(=O)N[C@@H](Cc1ccccc1)C(=O)NC(C)(C)C(N)=O. The molecule has 12 heteroatoms. The van der Waals surface area contributed by atoms with Crippen LogP contribution in [0.4, 0.5) is 0 Å². The number of phenols is 1. The first kappa shape index (κ1) is 30.8. The number of benzene rings is 2. The van der Waals surface area contributed by atoms with Gasteiger partial charge < -0.3 is 37.8 Å². The Morgan fingerprint density at radius 3 is 2.03 bits per heavy atom. The highest BCUT2D eigenvalue weighted by Gasteiger charge is 2.31. The van der Waals surface area contributed by atoms with Crippen molar-refractivity contribution in [2.45, 2.75) is 57.3 Å². The van der Waals surface area contributed by atoms with Gasteiger partial charge in [-0.3, -0.25) is 24.0 Å². The van der Waals surface area contributed by atoms with Crippen molar-refractivity contribution < 1.29 is 29.1 Å². The predicted octanol–water partition coefficient (Wildman–Crippen LogP) is -1.01. The molecule has 9 N–H and O–H groups in total. The summed E-state index contributed by atoms with van der Waals surface area (Å²) >= 11 is 0. The molecule has 5 amide bonds. The van der Waals surface area contributed by atoms with Crippen LogP contribution in [0.3, 0.4) is 0 Å². The van der Waals surface area contributed by atoms with Crippen LogP contribution in [-0.2, 0) is 36.8 Å². The van der Waals surface area contributed by atoms with Crippen molar-refractivity contribution in [2.24, 2.45) is 11.5 Å². The molecule has 2 aromatic carbocycles. The predicted molar refractivity (Wildman–Crippen MR) is 144 cm³/mol. The molecular formula is C27H36N6O6. The first-order valence-corrected chi connectivity index (χ1v) is 12.3. The molecule has 0 bridgehead atoms. The Hall–Kier alpha value is -4.45. The standard InChI is InChI=1S/C27H36N6O6/c1-16(31-24(37)20(28)13-18-9-11-19(34)12-10-18)23(36)30-15-22(35)32-21(14-17-7-5-4-6-8-17)25(38)33-27(2,3)26(29)39/h4-12,16,20-21,34H,13-15,28H2,1-3H3,(H2,29,39)(H,30,36)(H,31,37)(H,32,35)(H,33,38)/t16-,20?,21+/m1/s1.